The number of aryl methyl sites for hydroxylation is 7. The molecule has 0 aliphatic heterocycles. The number of nitrogens with zero attached hydrogens (tertiary/aromatic N) is 11. The molecule has 0 aliphatic rings. The number of aromatic amines is 3. The van der Waals surface area contributed by atoms with Gasteiger partial charge in [-0.25, -0.2) is 9.97 Å². The van der Waals surface area contributed by atoms with Gasteiger partial charge in [-0.3, -0.25) is 20.1 Å². The molecule has 0 saturated heterocycles. The molecule has 7 aromatic rings. The molecular weight excluding hydrogens is 601 g/mol. The molecule has 7 heterocycles. The number of H-pyrrole nitrogens is 3. The number of hydrogen-bond acceptors (Lipinski definition) is 12. The van der Waals surface area contributed by atoms with Crippen LogP contribution in [0.2, 0.25) is 0 Å². The summed E-state index contributed by atoms with van der Waals surface area (Å²) in [7, 11) is 0. The molecule has 0 amide bonds. The summed E-state index contributed by atoms with van der Waals surface area (Å²) in [4.78, 5) is 22.2. The van der Waals surface area contributed by atoms with Gasteiger partial charge in [0, 0.05) is 49.1 Å². The second-order valence-electron chi connectivity index (χ2n) is 8.69. The van der Waals surface area contributed by atoms with Crippen molar-refractivity contribution in [3.63, 3.8) is 0 Å². The number of aromatic nitrogens is 14. The zero-order chi connectivity index (χ0) is 33.0. The molecule has 46 heavy (non-hydrogen) atoms. The highest BCUT2D eigenvalue weighted by Gasteiger charge is 1.79. The van der Waals surface area contributed by atoms with E-state index < -0.39 is 0 Å². The number of hydrogen-bond donors (Lipinski definition) is 3. The molecule has 0 fully saturated rings. The predicted octanol–water partition coefficient (Wildman–Crippen LogP) is 5.99. The average Bonchev–Trinajstić information content (AvgIpc) is 3.89. The van der Waals surface area contributed by atoms with Gasteiger partial charge in [-0.05, 0) is 89.9 Å². The first kappa shape index (κ1) is 40.4. The molecule has 244 valence electrons. The average molecular weight is 645 g/mol. The zero-order valence-corrected chi connectivity index (χ0v) is 27.4. The Hall–Kier alpha value is -5.57. The summed E-state index contributed by atoms with van der Waals surface area (Å²) in [5, 5.41) is 27.2. The van der Waals surface area contributed by atoms with E-state index in [0.29, 0.717) is 5.82 Å². The Labute approximate surface area is 274 Å². The number of nitrogens with one attached hydrogen (secondary N) is 3. The maximum absolute atomic E-state index is 3.98. The van der Waals surface area contributed by atoms with Crippen LogP contribution in [0.3, 0.4) is 0 Å². The Morgan fingerprint density at radius 2 is 1.46 bits per heavy atom. The third-order valence-electron chi connectivity index (χ3n) is 4.56. The molecular formula is C31H44N14S. The lowest BCUT2D eigenvalue weighted by atomic mass is 10.3. The molecule has 0 bridgehead atoms. The minimum atomic E-state index is 0. The van der Waals surface area contributed by atoms with Gasteiger partial charge in [0.15, 0.2) is 5.82 Å². The molecule has 3 N–H and O–H groups in total. The van der Waals surface area contributed by atoms with Gasteiger partial charge in [0.2, 0.25) is 0 Å². The van der Waals surface area contributed by atoms with Crippen molar-refractivity contribution in [1.82, 2.24) is 70.9 Å². The van der Waals surface area contributed by atoms with E-state index in [4.69, 9.17) is 0 Å². The number of tetrazole rings is 1. The van der Waals surface area contributed by atoms with Crippen LogP contribution >= 0.6 is 11.3 Å². The number of pyridine rings is 3. The molecule has 0 saturated carbocycles. The lowest BCUT2D eigenvalue weighted by molar-refractivity contribution is 0.881. The molecule has 0 unspecified atom stereocenters. The Bertz CT molecular complexity index is 1310. The summed E-state index contributed by atoms with van der Waals surface area (Å²) in [5.74, 6) is 2.50. The first-order valence-corrected chi connectivity index (χ1v) is 14.5. The van der Waals surface area contributed by atoms with Gasteiger partial charge < -0.3 is 4.98 Å². The maximum Gasteiger partial charge on any atom is 0.171 e. The summed E-state index contributed by atoms with van der Waals surface area (Å²) >= 11 is 1.56. The first-order valence-electron chi connectivity index (χ1n) is 13.6. The van der Waals surface area contributed by atoms with E-state index >= 15 is 0 Å². The predicted molar refractivity (Wildman–Crippen MR) is 182 cm³/mol. The van der Waals surface area contributed by atoms with Crippen molar-refractivity contribution in [2.45, 2.75) is 55.9 Å². The van der Waals surface area contributed by atoms with E-state index in [2.05, 4.69) is 70.9 Å². The lowest BCUT2D eigenvalue weighted by Crippen LogP contribution is -1.72. The van der Waals surface area contributed by atoms with Crippen LogP contribution in [0.15, 0.2) is 97.7 Å². The molecule has 14 nitrogen and oxygen atoms in total. The molecule has 0 atom stereocenters. The third-order valence-corrected chi connectivity index (χ3v) is 5.18. The van der Waals surface area contributed by atoms with E-state index in [1.54, 1.807) is 61.0 Å². The fourth-order valence-electron chi connectivity index (χ4n) is 2.37. The van der Waals surface area contributed by atoms with Crippen molar-refractivity contribution in [3.05, 3.63) is 137 Å². The SMILES string of the molecule is C.Cc1ccccn1.Cc1cccnc1.Cc1ccncc1.Cc1ncc[nH]1.Cc1ncn[nH]1.Cc1nn[nH]n1.Cc1nncs1. The zero-order valence-electron chi connectivity index (χ0n) is 26.6. The van der Waals surface area contributed by atoms with Crippen LogP contribution < -0.4 is 0 Å². The quantitative estimate of drug-likeness (QED) is 0.176. The van der Waals surface area contributed by atoms with Crippen LogP contribution in [0, 0.1) is 48.5 Å². The summed E-state index contributed by atoms with van der Waals surface area (Å²) in [5.41, 5.74) is 5.26. The van der Waals surface area contributed by atoms with Crippen molar-refractivity contribution < 1.29 is 0 Å². The molecule has 0 radical (unpaired) electrons. The minimum absolute atomic E-state index is 0. The van der Waals surface area contributed by atoms with Gasteiger partial charge in [0.1, 0.15) is 28.5 Å². The van der Waals surface area contributed by atoms with Crippen molar-refractivity contribution in [2.24, 2.45) is 0 Å². The topological polar surface area (TPSA) is 189 Å². The fourth-order valence-corrected chi connectivity index (χ4v) is 2.71. The second kappa shape index (κ2) is 27.0. The highest BCUT2D eigenvalue weighted by Crippen LogP contribution is 1.95. The monoisotopic (exact) mass is 644 g/mol. The van der Waals surface area contributed by atoms with Crippen LogP contribution in [0.4, 0.5) is 0 Å². The largest absolute Gasteiger partial charge is 0.349 e. The minimum Gasteiger partial charge on any atom is -0.349 e. The Kier molecular flexibility index (Phi) is 23.7. The van der Waals surface area contributed by atoms with E-state index in [-0.39, 0.29) is 7.43 Å². The summed E-state index contributed by atoms with van der Waals surface area (Å²) in [6.07, 6.45) is 14.0. The highest BCUT2D eigenvalue weighted by atomic mass is 32.1. The molecule has 0 aromatic carbocycles. The van der Waals surface area contributed by atoms with E-state index in [1.807, 2.05) is 90.2 Å². The van der Waals surface area contributed by atoms with E-state index in [0.717, 1.165) is 22.4 Å². The summed E-state index contributed by atoms with van der Waals surface area (Å²) in [6.45, 7) is 13.5. The van der Waals surface area contributed by atoms with Crippen molar-refractivity contribution in [3.8, 4) is 0 Å². The van der Waals surface area contributed by atoms with Gasteiger partial charge in [0.05, 0.1) is 0 Å². The van der Waals surface area contributed by atoms with Gasteiger partial charge >= 0.3 is 0 Å². The van der Waals surface area contributed by atoms with Crippen LogP contribution in [-0.4, -0.2) is 70.9 Å². The number of imidazole rings is 1. The summed E-state index contributed by atoms with van der Waals surface area (Å²) in [6, 6.07) is 13.7. The van der Waals surface area contributed by atoms with Crippen LogP contribution in [0.5, 0.6) is 0 Å². The Morgan fingerprint density at radius 3 is 1.67 bits per heavy atom. The third kappa shape index (κ3) is 25.0. The Balaban J connectivity index is 0.000000512. The van der Waals surface area contributed by atoms with E-state index in [1.165, 1.54) is 17.5 Å². The second-order valence-corrected chi connectivity index (χ2v) is 9.73. The van der Waals surface area contributed by atoms with Crippen LogP contribution in [0.25, 0.3) is 0 Å². The molecule has 0 spiro atoms. The van der Waals surface area contributed by atoms with Crippen molar-refractivity contribution in [2.75, 3.05) is 0 Å². The maximum atomic E-state index is 3.98. The summed E-state index contributed by atoms with van der Waals surface area (Å²) < 4.78 is 0. The van der Waals surface area contributed by atoms with Gasteiger partial charge in [-0.2, -0.15) is 10.3 Å². The van der Waals surface area contributed by atoms with Crippen LogP contribution in [-0.2, 0) is 0 Å². The Morgan fingerprint density at radius 1 is 0.674 bits per heavy atom. The van der Waals surface area contributed by atoms with Crippen LogP contribution in [0.1, 0.15) is 46.7 Å². The molecule has 15 heteroatoms. The number of rotatable bonds is 0. The molecule has 7 rings (SSSR count). The van der Waals surface area contributed by atoms with Gasteiger partial charge in [0.25, 0.3) is 0 Å². The normalized spacial score (nSPS) is 8.59. The first-order chi connectivity index (χ1) is 21.8. The lowest BCUT2D eigenvalue weighted by Gasteiger charge is -1.82. The smallest absolute Gasteiger partial charge is 0.171 e. The highest BCUT2D eigenvalue weighted by molar-refractivity contribution is 7.09. The van der Waals surface area contributed by atoms with Crippen molar-refractivity contribution >= 4 is 11.3 Å². The van der Waals surface area contributed by atoms with Crippen molar-refractivity contribution in [1.29, 1.82) is 0 Å². The fraction of sp³-hybridized carbons (Fsp3) is 0.258. The standard InChI is InChI=1S/3C6H7N.C4H6N2.C3H5N3.C3H4N2S.C2H4N4.CH4/c1-6-2-4-7-5-3-6;1-6-3-2-4-7-5-6;1-6-4-2-3-5-7-6;1-4-5-2-3-6-4;1-3-4-2-5-6-3;1-3-5-4-2-6-3;1-2-3-5-6-4-2;/h3*2-5H,1H3;2-3H,1H3,(H,5,6);2H,1H3,(H,4,5,6);2H,1H3;1H3,(H,3,4,5,6);1H4. The van der Waals surface area contributed by atoms with Gasteiger partial charge in [-0.1, -0.05) is 24.8 Å². The molecule has 0 aliphatic carbocycles. The molecule has 7 aromatic heterocycles. The van der Waals surface area contributed by atoms with Gasteiger partial charge in [-0.15, -0.1) is 31.7 Å². The van der Waals surface area contributed by atoms with E-state index in [9.17, 15) is 0 Å².